The Balaban J connectivity index is 1.69. The number of thiocarbonyl (C=S) groups is 1. The smallest absolute Gasteiger partial charge is 0.172 e. The Hall–Kier alpha value is -0.690. The van der Waals surface area contributed by atoms with Crippen molar-refractivity contribution in [2.45, 2.75) is 37.5 Å². The van der Waals surface area contributed by atoms with Crippen molar-refractivity contribution in [3.8, 4) is 0 Å². The normalized spacial score (nSPS) is 16.1. The van der Waals surface area contributed by atoms with Crippen LogP contribution in [0.1, 0.15) is 37.7 Å². The van der Waals surface area contributed by atoms with Gasteiger partial charge in [0, 0.05) is 27.7 Å². The number of hydrogen-bond donors (Lipinski definition) is 2. The fraction of sp³-hybridized carbons (Fsp3) is 0.368. The molecule has 0 aliphatic heterocycles. The van der Waals surface area contributed by atoms with E-state index < -0.39 is 0 Å². The summed E-state index contributed by atoms with van der Waals surface area (Å²) < 4.78 is 1.78. The highest BCUT2D eigenvalue weighted by atomic mass is 79.9. The van der Waals surface area contributed by atoms with E-state index in [4.69, 9.17) is 23.8 Å². The van der Waals surface area contributed by atoms with E-state index in [1.165, 1.54) is 24.8 Å². The molecule has 1 saturated carbocycles. The highest BCUT2D eigenvalue weighted by Gasteiger charge is 2.33. The fourth-order valence-corrected chi connectivity index (χ4v) is 4.89. The molecule has 0 spiro atoms. The van der Waals surface area contributed by atoms with Crippen molar-refractivity contribution in [2.75, 3.05) is 11.9 Å². The number of halogens is 3. The van der Waals surface area contributed by atoms with Crippen LogP contribution in [0, 0.1) is 0 Å². The van der Waals surface area contributed by atoms with Crippen LogP contribution >= 0.6 is 55.7 Å². The molecule has 7 heteroatoms. The van der Waals surface area contributed by atoms with Gasteiger partial charge in [-0.1, -0.05) is 43.0 Å². The predicted molar refractivity (Wildman–Crippen MR) is 120 cm³/mol. The molecule has 1 heterocycles. The quantitative estimate of drug-likeness (QED) is 0.457. The Kier molecular flexibility index (Phi) is 6.94. The molecule has 26 heavy (non-hydrogen) atoms. The second-order valence-electron chi connectivity index (χ2n) is 6.64. The number of benzene rings is 1. The van der Waals surface area contributed by atoms with Crippen molar-refractivity contribution in [1.29, 1.82) is 0 Å². The lowest BCUT2D eigenvalue weighted by Crippen LogP contribution is -2.43. The molecule has 0 unspecified atom stereocenters. The van der Waals surface area contributed by atoms with Gasteiger partial charge in [-0.2, -0.15) is 0 Å². The standard InChI is InChI=1S/C19H20Br2ClN3S/c20-14-10-16(21)17(23-11-14)25-18(26)24-12-19(8-2-1-3-9-19)13-4-6-15(22)7-5-13/h4-7,10-11H,1-3,8-9,12H2,(H2,23,24,25,26). The van der Waals surface area contributed by atoms with Gasteiger partial charge < -0.3 is 10.6 Å². The van der Waals surface area contributed by atoms with Crippen LogP contribution in [-0.2, 0) is 5.41 Å². The van der Waals surface area contributed by atoms with E-state index >= 15 is 0 Å². The first-order valence-corrected chi connectivity index (χ1v) is 11.0. The Morgan fingerprint density at radius 2 is 1.85 bits per heavy atom. The number of hydrogen-bond acceptors (Lipinski definition) is 2. The van der Waals surface area contributed by atoms with Gasteiger partial charge in [0.05, 0.1) is 4.47 Å². The van der Waals surface area contributed by atoms with Crippen LogP contribution in [0.2, 0.25) is 5.02 Å². The second-order valence-corrected chi connectivity index (χ2v) is 9.25. The van der Waals surface area contributed by atoms with Gasteiger partial charge in [0.2, 0.25) is 0 Å². The number of nitrogens with zero attached hydrogens (tertiary/aromatic N) is 1. The van der Waals surface area contributed by atoms with Gasteiger partial charge in [0.25, 0.3) is 0 Å². The summed E-state index contributed by atoms with van der Waals surface area (Å²) in [6, 6.07) is 10.2. The highest BCUT2D eigenvalue weighted by molar-refractivity contribution is 9.11. The van der Waals surface area contributed by atoms with Gasteiger partial charge in [-0.25, -0.2) is 4.98 Å². The van der Waals surface area contributed by atoms with Crippen LogP contribution < -0.4 is 10.6 Å². The lowest BCUT2D eigenvalue weighted by atomic mass is 9.69. The Labute approximate surface area is 181 Å². The predicted octanol–water partition coefficient (Wildman–Crippen LogP) is 6.45. The zero-order valence-corrected chi connectivity index (χ0v) is 18.9. The van der Waals surface area contributed by atoms with Gasteiger partial charge >= 0.3 is 0 Å². The molecular formula is C19H20Br2ClN3S. The molecule has 138 valence electrons. The van der Waals surface area contributed by atoms with E-state index in [2.05, 4.69) is 59.6 Å². The second kappa shape index (κ2) is 9.00. The molecule has 1 fully saturated rings. The summed E-state index contributed by atoms with van der Waals surface area (Å²) in [7, 11) is 0. The molecule has 3 rings (SSSR count). The van der Waals surface area contributed by atoms with Crippen LogP contribution in [-0.4, -0.2) is 16.6 Å². The third-order valence-electron chi connectivity index (χ3n) is 4.89. The monoisotopic (exact) mass is 515 g/mol. The Bertz CT molecular complexity index is 777. The zero-order chi connectivity index (χ0) is 18.6. The lowest BCUT2D eigenvalue weighted by Gasteiger charge is -2.38. The van der Waals surface area contributed by atoms with Crippen molar-refractivity contribution < 1.29 is 0 Å². The summed E-state index contributed by atoms with van der Waals surface area (Å²) in [5.41, 5.74) is 1.43. The summed E-state index contributed by atoms with van der Waals surface area (Å²) in [4.78, 5) is 4.35. The molecule has 0 saturated heterocycles. The molecule has 0 atom stereocenters. The van der Waals surface area contributed by atoms with Gasteiger partial charge in [-0.15, -0.1) is 0 Å². The van der Waals surface area contributed by atoms with Crippen LogP contribution in [0.15, 0.2) is 45.5 Å². The summed E-state index contributed by atoms with van der Waals surface area (Å²) >= 11 is 18.5. The minimum Gasteiger partial charge on any atom is -0.362 e. The molecule has 1 aliphatic carbocycles. The van der Waals surface area contributed by atoms with E-state index in [9.17, 15) is 0 Å². The minimum absolute atomic E-state index is 0.0962. The molecule has 0 amide bonds. The van der Waals surface area contributed by atoms with Gasteiger partial charge in [0.1, 0.15) is 5.82 Å². The molecule has 1 aromatic heterocycles. The SMILES string of the molecule is S=C(NCC1(c2ccc(Cl)cc2)CCCCC1)Nc1ncc(Br)cc1Br. The number of nitrogens with one attached hydrogen (secondary N) is 2. The first kappa shape index (κ1) is 20.1. The van der Waals surface area contributed by atoms with Gasteiger partial charge in [-0.05, 0) is 80.7 Å². The van der Waals surface area contributed by atoms with Crippen molar-refractivity contribution in [3.05, 3.63) is 56.1 Å². The fourth-order valence-electron chi connectivity index (χ4n) is 3.51. The number of anilines is 1. The van der Waals surface area contributed by atoms with Crippen molar-refractivity contribution in [3.63, 3.8) is 0 Å². The third kappa shape index (κ3) is 4.97. The summed E-state index contributed by atoms with van der Waals surface area (Å²) in [6.07, 6.45) is 7.84. The number of pyridine rings is 1. The van der Waals surface area contributed by atoms with E-state index in [0.29, 0.717) is 10.9 Å². The molecular weight excluding hydrogens is 498 g/mol. The van der Waals surface area contributed by atoms with Crippen LogP contribution in [0.5, 0.6) is 0 Å². The Morgan fingerprint density at radius 1 is 1.15 bits per heavy atom. The van der Waals surface area contributed by atoms with Gasteiger partial charge in [0.15, 0.2) is 5.11 Å². The molecule has 0 radical (unpaired) electrons. The van der Waals surface area contributed by atoms with E-state index in [1.54, 1.807) is 6.20 Å². The maximum atomic E-state index is 6.08. The van der Waals surface area contributed by atoms with Crippen LogP contribution in [0.4, 0.5) is 5.82 Å². The third-order valence-corrected chi connectivity index (χ3v) is 6.43. The summed E-state index contributed by atoms with van der Waals surface area (Å²) in [6.45, 7) is 0.800. The summed E-state index contributed by atoms with van der Waals surface area (Å²) in [5.74, 6) is 0.704. The molecule has 0 bridgehead atoms. The lowest BCUT2D eigenvalue weighted by molar-refractivity contribution is 0.292. The number of rotatable bonds is 4. The average Bonchev–Trinajstić information content (AvgIpc) is 2.64. The molecule has 3 nitrogen and oxygen atoms in total. The first-order valence-electron chi connectivity index (χ1n) is 8.60. The van der Waals surface area contributed by atoms with E-state index in [-0.39, 0.29) is 5.41 Å². The molecule has 2 aromatic rings. The maximum Gasteiger partial charge on any atom is 0.172 e. The summed E-state index contributed by atoms with van der Waals surface area (Å²) in [5, 5.41) is 7.94. The minimum atomic E-state index is 0.0962. The highest BCUT2D eigenvalue weighted by Crippen LogP contribution is 2.39. The van der Waals surface area contributed by atoms with E-state index in [0.717, 1.165) is 33.4 Å². The van der Waals surface area contributed by atoms with E-state index in [1.807, 2.05) is 18.2 Å². The van der Waals surface area contributed by atoms with Crippen LogP contribution in [0.25, 0.3) is 0 Å². The molecule has 1 aliphatic rings. The first-order chi connectivity index (χ1) is 12.5. The van der Waals surface area contributed by atoms with Crippen molar-refractivity contribution in [2.24, 2.45) is 0 Å². The zero-order valence-electron chi connectivity index (χ0n) is 14.2. The largest absolute Gasteiger partial charge is 0.362 e. The maximum absolute atomic E-state index is 6.08. The average molecular weight is 518 g/mol. The van der Waals surface area contributed by atoms with Crippen molar-refractivity contribution in [1.82, 2.24) is 10.3 Å². The van der Waals surface area contributed by atoms with Crippen LogP contribution in [0.3, 0.4) is 0 Å². The molecule has 1 aromatic carbocycles. The Morgan fingerprint density at radius 3 is 2.50 bits per heavy atom. The molecule has 2 N–H and O–H groups in total. The van der Waals surface area contributed by atoms with Gasteiger partial charge in [-0.3, -0.25) is 0 Å². The topological polar surface area (TPSA) is 37.0 Å². The number of aromatic nitrogens is 1. The van der Waals surface area contributed by atoms with Crippen molar-refractivity contribution >= 4 is 66.6 Å².